The first-order valence-corrected chi connectivity index (χ1v) is 7.57. The number of aliphatic imine (C=N–C) groups is 1. The highest BCUT2D eigenvalue weighted by atomic mass is 16.5. The minimum absolute atomic E-state index is 0.477. The van der Waals surface area contributed by atoms with Gasteiger partial charge in [-0.3, -0.25) is 0 Å². The Morgan fingerprint density at radius 3 is 2.70 bits per heavy atom. The number of benzene rings is 1. The molecule has 0 fully saturated rings. The van der Waals surface area contributed by atoms with Gasteiger partial charge in [0.05, 0.1) is 17.3 Å². The minimum Gasteiger partial charge on any atom is -0.483 e. The lowest BCUT2D eigenvalue weighted by Gasteiger charge is -2.35. The van der Waals surface area contributed by atoms with Crippen molar-refractivity contribution >= 4 is 11.5 Å². The highest BCUT2D eigenvalue weighted by molar-refractivity contribution is 5.92. The number of fused-ring (bicyclic) bond motifs is 1. The summed E-state index contributed by atoms with van der Waals surface area (Å²) in [6.07, 6.45) is 5.47. The maximum atomic E-state index is 9.15. The van der Waals surface area contributed by atoms with Crippen LogP contribution >= 0.6 is 0 Å². The molecular weight excluding hydrogens is 288 g/mol. The Morgan fingerprint density at radius 2 is 2.09 bits per heavy atom. The zero-order valence-electron chi connectivity index (χ0n) is 13.9. The topological polar surface area (TPSA) is 72.4 Å². The third-order valence-electron chi connectivity index (χ3n) is 3.64. The van der Waals surface area contributed by atoms with Gasteiger partial charge >= 0.3 is 0 Å². The van der Waals surface area contributed by atoms with Crippen molar-refractivity contribution in [2.24, 2.45) is 4.99 Å². The minimum atomic E-state index is -0.477. The molecule has 1 aromatic carbocycles. The van der Waals surface area contributed by atoms with Gasteiger partial charge in [-0.2, -0.15) is 15.5 Å². The van der Waals surface area contributed by atoms with Gasteiger partial charge in [0, 0.05) is 19.0 Å². The molecule has 0 saturated heterocycles. The van der Waals surface area contributed by atoms with Crippen LogP contribution in [0.15, 0.2) is 29.3 Å². The van der Waals surface area contributed by atoms with Crippen molar-refractivity contribution in [2.45, 2.75) is 39.2 Å². The Morgan fingerprint density at radius 1 is 1.35 bits per heavy atom. The second-order valence-electron chi connectivity index (χ2n) is 5.99. The van der Waals surface area contributed by atoms with Gasteiger partial charge in [-0.25, -0.2) is 0 Å². The van der Waals surface area contributed by atoms with Crippen molar-refractivity contribution < 1.29 is 4.74 Å². The number of nitriles is 2. The molecule has 0 atom stereocenters. The molecule has 0 saturated carbocycles. The second-order valence-corrected chi connectivity index (χ2v) is 5.99. The molecule has 5 heteroatoms. The molecule has 0 radical (unpaired) electrons. The largest absolute Gasteiger partial charge is 0.483 e. The van der Waals surface area contributed by atoms with Crippen LogP contribution < -0.4 is 4.74 Å². The van der Waals surface area contributed by atoms with Gasteiger partial charge < -0.3 is 9.64 Å². The third kappa shape index (κ3) is 3.52. The number of hydrogen-bond acceptors (Lipinski definition) is 4. The van der Waals surface area contributed by atoms with Gasteiger partial charge in [0.1, 0.15) is 17.2 Å². The Balaban J connectivity index is 2.56. The monoisotopic (exact) mass is 308 g/mol. The molecule has 0 spiro atoms. The predicted molar refractivity (Wildman–Crippen MR) is 89.6 cm³/mol. The van der Waals surface area contributed by atoms with E-state index in [1.54, 1.807) is 6.07 Å². The molecule has 0 aliphatic carbocycles. The molecule has 0 unspecified atom stereocenters. The number of hydrogen-bond donors (Lipinski definition) is 0. The molecule has 0 N–H and O–H groups in total. The van der Waals surface area contributed by atoms with Crippen LogP contribution in [0, 0.1) is 22.8 Å². The fourth-order valence-corrected chi connectivity index (χ4v) is 2.61. The first-order valence-electron chi connectivity index (χ1n) is 7.57. The summed E-state index contributed by atoms with van der Waals surface area (Å²) in [7, 11) is 1.89. The van der Waals surface area contributed by atoms with Gasteiger partial charge in [0.15, 0.2) is 0 Å². The molecule has 1 aliphatic rings. The summed E-state index contributed by atoms with van der Waals surface area (Å²) in [6, 6.07) is 7.52. The highest BCUT2D eigenvalue weighted by Gasteiger charge is 2.29. The Bertz CT molecular complexity index is 747. The van der Waals surface area contributed by atoms with Crippen molar-refractivity contribution in [3.05, 3.63) is 35.4 Å². The van der Waals surface area contributed by atoms with Gasteiger partial charge in [-0.1, -0.05) is 6.92 Å². The fraction of sp³-hybridized carbons (Fsp3) is 0.389. The Kier molecular flexibility index (Phi) is 4.71. The van der Waals surface area contributed by atoms with E-state index in [0.717, 1.165) is 23.4 Å². The van der Waals surface area contributed by atoms with Gasteiger partial charge in [0.25, 0.3) is 0 Å². The number of nitrogens with zero attached hydrogens (tertiary/aromatic N) is 4. The van der Waals surface area contributed by atoms with Crippen LogP contribution in [0.4, 0.5) is 0 Å². The van der Waals surface area contributed by atoms with Gasteiger partial charge in [0.2, 0.25) is 6.19 Å². The molecule has 0 bridgehead atoms. The summed E-state index contributed by atoms with van der Waals surface area (Å²) < 4.78 is 5.98. The first kappa shape index (κ1) is 16.6. The smallest absolute Gasteiger partial charge is 0.207 e. The fourth-order valence-electron chi connectivity index (χ4n) is 2.61. The van der Waals surface area contributed by atoms with Crippen LogP contribution in [0.25, 0.3) is 5.70 Å². The molecule has 23 heavy (non-hydrogen) atoms. The van der Waals surface area contributed by atoms with E-state index in [1.165, 1.54) is 0 Å². The summed E-state index contributed by atoms with van der Waals surface area (Å²) in [5.74, 6) is 1.43. The second kappa shape index (κ2) is 6.54. The maximum Gasteiger partial charge on any atom is 0.207 e. The van der Waals surface area contributed by atoms with E-state index in [9.17, 15) is 0 Å². The third-order valence-corrected chi connectivity index (χ3v) is 3.64. The SMILES string of the molecule is CCCC(=NC#N)N(C)C1=CC(C)(C)Oc2ccc(C#N)cc21. The molecule has 1 aliphatic heterocycles. The van der Waals surface area contributed by atoms with Gasteiger partial charge in [-0.15, -0.1) is 0 Å². The molecule has 1 heterocycles. The van der Waals surface area contributed by atoms with Gasteiger partial charge in [-0.05, 0) is 44.5 Å². The van der Waals surface area contributed by atoms with E-state index in [1.807, 2.05) is 57.1 Å². The van der Waals surface area contributed by atoms with Crippen LogP contribution in [-0.2, 0) is 0 Å². The van der Waals surface area contributed by atoms with Crippen molar-refractivity contribution in [2.75, 3.05) is 7.05 Å². The first-order chi connectivity index (χ1) is 10.9. The zero-order valence-corrected chi connectivity index (χ0v) is 13.9. The standard InChI is InChI=1S/C18H20N4O/c1-5-6-17(21-12-20)22(4)15-10-18(2,3)23-16-8-7-13(11-19)9-14(15)16/h7-10H,5-6H2,1-4H3. The summed E-state index contributed by atoms with van der Waals surface area (Å²) in [5, 5.41) is 18.1. The van der Waals surface area contributed by atoms with E-state index in [4.69, 9.17) is 15.3 Å². The Labute approximate surface area is 137 Å². The lowest BCUT2D eigenvalue weighted by molar-refractivity contribution is 0.156. The van der Waals surface area contributed by atoms with E-state index in [0.29, 0.717) is 17.8 Å². The number of rotatable bonds is 3. The predicted octanol–water partition coefficient (Wildman–Crippen LogP) is 3.68. The lowest BCUT2D eigenvalue weighted by Crippen LogP contribution is -2.34. The molecular formula is C18H20N4O. The zero-order chi connectivity index (χ0) is 17.0. The maximum absolute atomic E-state index is 9.15. The molecule has 5 nitrogen and oxygen atoms in total. The highest BCUT2D eigenvalue weighted by Crippen LogP contribution is 2.38. The molecule has 1 aromatic rings. The van der Waals surface area contributed by atoms with Crippen LogP contribution in [-0.4, -0.2) is 23.4 Å². The van der Waals surface area contributed by atoms with Crippen molar-refractivity contribution in [1.29, 1.82) is 10.5 Å². The average molecular weight is 308 g/mol. The van der Waals surface area contributed by atoms with Crippen molar-refractivity contribution in [1.82, 2.24) is 4.90 Å². The molecule has 0 amide bonds. The number of amidine groups is 1. The van der Waals surface area contributed by atoms with Crippen LogP contribution in [0.1, 0.15) is 44.7 Å². The lowest BCUT2D eigenvalue weighted by atomic mass is 9.97. The van der Waals surface area contributed by atoms with E-state index < -0.39 is 5.60 Å². The normalized spacial score (nSPS) is 15.6. The van der Waals surface area contributed by atoms with Crippen LogP contribution in [0.5, 0.6) is 5.75 Å². The number of ether oxygens (including phenoxy) is 1. The average Bonchev–Trinajstić information content (AvgIpc) is 2.52. The van der Waals surface area contributed by atoms with E-state index >= 15 is 0 Å². The summed E-state index contributed by atoms with van der Waals surface area (Å²) in [5.41, 5.74) is 1.83. The molecule has 2 rings (SSSR count). The molecule has 0 aromatic heterocycles. The quantitative estimate of drug-likeness (QED) is 0.485. The van der Waals surface area contributed by atoms with Crippen molar-refractivity contribution in [3.8, 4) is 18.0 Å². The van der Waals surface area contributed by atoms with Crippen molar-refractivity contribution in [3.63, 3.8) is 0 Å². The van der Waals surface area contributed by atoms with E-state index in [-0.39, 0.29) is 0 Å². The van der Waals surface area contributed by atoms with Crippen LogP contribution in [0.2, 0.25) is 0 Å². The summed E-state index contributed by atoms with van der Waals surface area (Å²) in [6.45, 7) is 6.00. The van der Waals surface area contributed by atoms with E-state index in [2.05, 4.69) is 11.1 Å². The molecule has 118 valence electrons. The Hall–Kier alpha value is -2.79. The van der Waals surface area contributed by atoms with Crippen LogP contribution in [0.3, 0.4) is 0 Å². The summed E-state index contributed by atoms with van der Waals surface area (Å²) >= 11 is 0. The summed E-state index contributed by atoms with van der Waals surface area (Å²) in [4.78, 5) is 5.87.